The number of pyridine rings is 1. The normalized spacial score (nSPS) is 11.2. The molecule has 1 aromatic carbocycles. The molecule has 0 unspecified atom stereocenters. The summed E-state index contributed by atoms with van der Waals surface area (Å²) in [5.41, 5.74) is 14.9. The molecule has 0 saturated heterocycles. The number of imidazole rings is 1. The molecule has 0 aliphatic carbocycles. The lowest BCUT2D eigenvalue weighted by atomic mass is 10.1. The summed E-state index contributed by atoms with van der Waals surface area (Å²) in [6.45, 7) is 2.63. The van der Waals surface area contributed by atoms with Crippen LogP contribution in [0.4, 0.5) is 16.2 Å². The third-order valence-corrected chi connectivity index (χ3v) is 4.09. The van der Waals surface area contributed by atoms with E-state index in [0.29, 0.717) is 40.6 Å². The Balaban J connectivity index is 2.00. The van der Waals surface area contributed by atoms with Gasteiger partial charge in [-0.2, -0.15) is 4.98 Å². The van der Waals surface area contributed by atoms with Crippen molar-refractivity contribution in [3.8, 4) is 22.6 Å². The van der Waals surface area contributed by atoms with E-state index in [1.807, 2.05) is 17.6 Å². The van der Waals surface area contributed by atoms with Crippen LogP contribution in [0.1, 0.15) is 6.92 Å². The van der Waals surface area contributed by atoms with Crippen molar-refractivity contribution < 1.29 is 4.39 Å². The lowest BCUT2D eigenvalue weighted by Crippen LogP contribution is -2.02. The molecule has 0 spiro atoms. The van der Waals surface area contributed by atoms with E-state index in [-0.39, 0.29) is 11.8 Å². The van der Waals surface area contributed by atoms with Crippen LogP contribution in [0.5, 0.6) is 0 Å². The van der Waals surface area contributed by atoms with Crippen LogP contribution < -0.4 is 11.5 Å². The fraction of sp³-hybridized carbons (Fsp3) is 0.111. The third-order valence-electron chi connectivity index (χ3n) is 4.09. The van der Waals surface area contributed by atoms with Gasteiger partial charge in [-0.25, -0.2) is 19.3 Å². The molecule has 4 N–H and O–H groups in total. The number of nitrogens with zero attached hydrogens (tertiary/aromatic N) is 5. The quantitative estimate of drug-likeness (QED) is 0.589. The molecule has 3 aromatic heterocycles. The molecule has 0 saturated carbocycles. The zero-order valence-electron chi connectivity index (χ0n) is 14.0. The van der Waals surface area contributed by atoms with Crippen molar-refractivity contribution in [1.82, 2.24) is 24.5 Å². The lowest BCUT2D eigenvalue weighted by Gasteiger charge is -2.06. The highest BCUT2D eigenvalue weighted by molar-refractivity contribution is 5.90. The number of anilines is 2. The number of nitrogen functional groups attached to an aromatic ring is 2. The van der Waals surface area contributed by atoms with Gasteiger partial charge in [-0.05, 0) is 43.3 Å². The van der Waals surface area contributed by atoms with E-state index in [2.05, 4.69) is 15.0 Å². The van der Waals surface area contributed by atoms with Crippen LogP contribution in [0.2, 0.25) is 0 Å². The number of fused-ring (bicyclic) bond motifs is 1. The van der Waals surface area contributed by atoms with Gasteiger partial charge < -0.3 is 16.0 Å². The lowest BCUT2D eigenvalue weighted by molar-refractivity contribution is 0.628. The minimum atomic E-state index is -0.320. The van der Waals surface area contributed by atoms with Crippen LogP contribution in [0, 0.1) is 5.82 Å². The molecule has 4 rings (SSSR count). The Hall–Kier alpha value is -3.55. The van der Waals surface area contributed by atoms with Crippen LogP contribution >= 0.6 is 0 Å². The molecule has 7 nitrogen and oxygen atoms in total. The van der Waals surface area contributed by atoms with Gasteiger partial charge in [-0.15, -0.1) is 0 Å². The molecule has 0 fully saturated rings. The van der Waals surface area contributed by atoms with Gasteiger partial charge in [0.25, 0.3) is 0 Å². The second-order valence-electron chi connectivity index (χ2n) is 5.76. The molecular formula is C18H16FN7. The highest BCUT2D eigenvalue weighted by Crippen LogP contribution is 2.30. The minimum Gasteiger partial charge on any atom is -0.384 e. The second kappa shape index (κ2) is 6.07. The van der Waals surface area contributed by atoms with Gasteiger partial charge in [0.05, 0.1) is 0 Å². The Kier molecular flexibility index (Phi) is 3.72. The van der Waals surface area contributed by atoms with Gasteiger partial charge in [0.15, 0.2) is 5.65 Å². The minimum absolute atomic E-state index is 0.133. The van der Waals surface area contributed by atoms with Crippen molar-refractivity contribution in [3.05, 3.63) is 48.4 Å². The van der Waals surface area contributed by atoms with Crippen molar-refractivity contribution in [2.24, 2.45) is 0 Å². The van der Waals surface area contributed by atoms with E-state index in [1.54, 1.807) is 24.4 Å². The van der Waals surface area contributed by atoms with E-state index >= 15 is 0 Å². The summed E-state index contributed by atoms with van der Waals surface area (Å²) in [5, 5.41) is 0. The van der Waals surface area contributed by atoms with E-state index in [9.17, 15) is 4.39 Å². The zero-order chi connectivity index (χ0) is 18.3. The van der Waals surface area contributed by atoms with Crippen LogP contribution in [0.15, 0.2) is 42.6 Å². The Morgan fingerprint density at radius 2 is 1.69 bits per heavy atom. The average Bonchev–Trinajstić information content (AvgIpc) is 3.00. The maximum absolute atomic E-state index is 13.3. The Morgan fingerprint density at radius 1 is 0.962 bits per heavy atom. The first-order chi connectivity index (χ1) is 12.6. The first-order valence-electron chi connectivity index (χ1n) is 8.08. The fourth-order valence-corrected chi connectivity index (χ4v) is 2.88. The number of aromatic nitrogens is 5. The maximum atomic E-state index is 13.3. The highest BCUT2D eigenvalue weighted by atomic mass is 19.1. The van der Waals surface area contributed by atoms with Crippen molar-refractivity contribution in [1.29, 1.82) is 0 Å². The topological polar surface area (TPSA) is 109 Å². The molecule has 130 valence electrons. The monoisotopic (exact) mass is 349 g/mol. The fourth-order valence-electron chi connectivity index (χ4n) is 2.88. The first kappa shape index (κ1) is 15.9. The van der Waals surface area contributed by atoms with E-state index < -0.39 is 0 Å². The largest absolute Gasteiger partial charge is 0.384 e. The molecule has 8 heteroatoms. The van der Waals surface area contributed by atoms with E-state index in [0.717, 1.165) is 5.56 Å². The molecule has 0 atom stereocenters. The van der Waals surface area contributed by atoms with Crippen molar-refractivity contribution in [2.75, 3.05) is 11.5 Å². The third kappa shape index (κ3) is 2.61. The smallest absolute Gasteiger partial charge is 0.222 e. The predicted octanol–water partition coefficient (Wildman–Crippen LogP) is 2.88. The SMILES string of the molecule is CCn1c(-c2ccc(N)nc2)nc2c(-c3ccc(F)cc3)nc(N)nc21. The summed E-state index contributed by atoms with van der Waals surface area (Å²) >= 11 is 0. The van der Waals surface area contributed by atoms with Crippen molar-refractivity contribution >= 4 is 22.9 Å². The predicted molar refractivity (Wildman–Crippen MR) is 98.4 cm³/mol. The molecule has 0 radical (unpaired) electrons. The number of halogens is 1. The number of aryl methyl sites for hydroxylation is 1. The van der Waals surface area contributed by atoms with Gasteiger partial charge in [0.1, 0.15) is 28.7 Å². The molecule has 4 aromatic rings. The number of hydrogen-bond donors (Lipinski definition) is 2. The van der Waals surface area contributed by atoms with Crippen LogP contribution in [-0.2, 0) is 6.54 Å². The molecule has 0 amide bonds. The summed E-state index contributed by atoms with van der Waals surface area (Å²) in [5.74, 6) is 0.940. The first-order valence-corrected chi connectivity index (χ1v) is 8.08. The average molecular weight is 349 g/mol. The number of hydrogen-bond acceptors (Lipinski definition) is 6. The molecule has 0 aliphatic heterocycles. The highest BCUT2D eigenvalue weighted by Gasteiger charge is 2.19. The van der Waals surface area contributed by atoms with Gasteiger partial charge >= 0.3 is 0 Å². The molecule has 3 heterocycles. The zero-order valence-corrected chi connectivity index (χ0v) is 14.0. The number of rotatable bonds is 3. The van der Waals surface area contributed by atoms with Crippen LogP contribution in [-0.4, -0.2) is 24.5 Å². The molecule has 26 heavy (non-hydrogen) atoms. The molecule has 0 bridgehead atoms. The van der Waals surface area contributed by atoms with E-state index in [4.69, 9.17) is 16.5 Å². The summed E-state index contributed by atoms with van der Waals surface area (Å²) in [7, 11) is 0. The molecular weight excluding hydrogens is 333 g/mol. The summed E-state index contributed by atoms with van der Waals surface area (Å²) in [6, 6.07) is 9.61. The summed E-state index contributed by atoms with van der Waals surface area (Å²) in [6.07, 6.45) is 1.66. The van der Waals surface area contributed by atoms with Gasteiger partial charge in [0.2, 0.25) is 5.95 Å². The van der Waals surface area contributed by atoms with Gasteiger partial charge in [0, 0.05) is 23.9 Å². The van der Waals surface area contributed by atoms with Crippen LogP contribution in [0.25, 0.3) is 33.8 Å². The van der Waals surface area contributed by atoms with Crippen molar-refractivity contribution in [3.63, 3.8) is 0 Å². The summed E-state index contributed by atoms with van der Waals surface area (Å²) < 4.78 is 15.2. The maximum Gasteiger partial charge on any atom is 0.222 e. The van der Waals surface area contributed by atoms with Crippen LogP contribution in [0.3, 0.4) is 0 Å². The standard InChI is InChI=1S/C18H16FN7/c1-2-26-16(11-5-8-13(20)22-9-11)23-15-14(24-18(21)25-17(15)26)10-3-6-12(19)7-4-10/h3-9H,2H2,1H3,(H2,20,22)(H2,21,24,25). The Bertz CT molecular complexity index is 1090. The summed E-state index contributed by atoms with van der Waals surface area (Å²) in [4.78, 5) is 17.6. The Labute approximate surface area is 148 Å². The van der Waals surface area contributed by atoms with Gasteiger partial charge in [-0.1, -0.05) is 0 Å². The Morgan fingerprint density at radius 3 is 2.35 bits per heavy atom. The second-order valence-corrected chi connectivity index (χ2v) is 5.76. The molecule has 0 aliphatic rings. The van der Waals surface area contributed by atoms with Crippen molar-refractivity contribution in [2.45, 2.75) is 13.5 Å². The van der Waals surface area contributed by atoms with E-state index in [1.165, 1.54) is 12.1 Å². The number of nitrogens with two attached hydrogens (primary N) is 2. The number of benzene rings is 1. The van der Waals surface area contributed by atoms with Gasteiger partial charge in [-0.3, -0.25) is 0 Å².